The summed E-state index contributed by atoms with van der Waals surface area (Å²) in [7, 11) is 4.27. The number of rotatable bonds is 4. The number of pyridine rings is 1. The van der Waals surface area contributed by atoms with Crippen molar-refractivity contribution in [1.29, 1.82) is 0 Å². The van der Waals surface area contributed by atoms with Gasteiger partial charge in [0.05, 0.1) is 0 Å². The minimum atomic E-state index is 0.457. The minimum absolute atomic E-state index is 0.457. The highest BCUT2D eigenvalue weighted by atomic mass is 15.1. The van der Waals surface area contributed by atoms with Crippen molar-refractivity contribution in [1.82, 2.24) is 9.88 Å². The Kier molecular flexibility index (Phi) is 4.28. The smallest absolute Gasteiger partial charge is 0.0385 e. The molecule has 2 nitrogen and oxygen atoms in total. The van der Waals surface area contributed by atoms with Gasteiger partial charge in [-0.05, 0) is 37.6 Å². The molecular weight excluding hydrogens is 184 g/mol. The van der Waals surface area contributed by atoms with E-state index in [1.54, 1.807) is 0 Å². The van der Waals surface area contributed by atoms with E-state index in [0.717, 1.165) is 0 Å². The second-order valence-electron chi connectivity index (χ2n) is 4.80. The van der Waals surface area contributed by atoms with Gasteiger partial charge in [-0.3, -0.25) is 4.98 Å². The van der Waals surface area contributed by atoms with Gasteiger partial charge in [0.25, 0.3) is 0 Å². The van der Waals surface area contributed by atoms with Crippen LogP contribution in [0.15, 0.2) is 24.5 Å². The average Bonchev–Trinajstić information content (AvgIpc) is 2.18. The quantitative estimate of drug-likeness (QED) is 0.753. The molecule has 0 fully saturated rings. The average molecular weight is 206 g/mol. The van der Waals surface area contributed by atoms with Gasteiger partial charge in [-0.1, -0.05) is 26.8 Å². The third kappa shape index (κ3) is 3.03. The second-order valence-corrected chi connectivity index (χ2v) is 4.80. The molecule has 0 unspecified atom stereocenters. The molecule has 0 aliphatic heterocycles. The number of aromatic nitrogens is 1. The van der Waals surface area contributed by atoms with E-state index in [2.05, 4.69) is 50.8 Å². The Bertz CT molecular complexity index is 280. The fourth-order valence-electron chi connectivity index (χ4n) is 1.99. The Morgan fingerprint density at radius 1 is 1.20 bits per heavy atom. The van der Waals surface area contributed by atoms with Crippen LogP contribution in [0.4, 0.5) is 0 Å². The monoisotopic (exact) mass is 206 g/mol. The summed E-state index contributed by atoms with van der Waals surface area (Å²) in [5.41, 5.74) is 1.31. The van der Waals surface area contributed by atoms with E-state index >= 15 is 0 Å². The molecule has 0 saturated carbocycles. The second kappa shape index (κ2) is 5.26. The summed E-state index contributed by atoms with van der Waals surface area (Å²) in [5, 5.41) is 0. The van der Waals surface area contributed by atoms with E-state index in [-0.39, 0.29) is 0 Å². The molecule has 15 heavy (non-hydrogen) atoms. The zero-order valence-electron chi connectivity index (χ0n) is 10.4. The van der Waals surface area contributed by atoms with Crippen molar-refractivity contribution in [2.24, 2.45) is 11.8 Å². The topological polar surface area (TPSA) is 16.1 Å². The molecule has 0 bridgehead atoms. The molecule has 0 radical (unpaired) electrons. The maximum Gasteiger partial charge on any atom is 0.0385 e. The molecular formula is C13H22N2. The zero-order valence-corrected chi connectivity index (χ0v) is 10.4. The molecule has 0 spiro atoms. The predicted octanol–water partition coefficient (Wildman–Crippen LogP) is 2.98. The van der Waals surface area contributed by atoms with E-state index in [1.807, 2.05) is 18.5 Å². The largest absolute Gasteiger partial charge is 0.302 e. The molecule has 2 heteroatoms. The Labute approximate surface area is 93.3 Å². The maximum absolute atomic E-state index is 4.20. The summed E-state index contributed by atoms with van der Waals surface area (Å²) >= 11 is 0. The van der Waals surface area contributed by atoms with Gasteiger partial charge in [-0.15, -0.1) is 0 Å². The van der Waals surface area contributed by atoms with Crippen LogP contribution in [-0.4, -0.2) is 24.0 Å². The van der Waals surface area contributed by atoms with Crippen molar-refractivity contribution in [2.75, 3.05) is 14.1 Å². The summed E-state index contributed by atoms with van der Waals surface area (Å²) in [6.45, 7) is 6.86. The lowest BCUT2D eigenvalue weighted by atomic mass is 9.86. The summed E-state index contributed by atoms with van der Waals surface area (Å²) < 4.78 is 0. The Balaban J connectivity index is 2.93. The molecule has 0 aliphatic carbocycles. The fourth-order valence-corrected chi connectivity index (χ4v) is 1.99. The Morgan fingerprint density at radius 2 is 1.87 bits per heavy atom. The fraction of sp³-hybridized carbons (Fsp3) is 0.615. The lowest BCUT2D eigenvalue weighted by Crippen LogP contribution is -2.28. The summed E-state index contributed by atoms with van der Waals surface area (Å²) in [5.74, 6) is 1.31. The number of hydrogen-bond acceptors (Lipinski definition) is 2. The van der Waals surface area contributed by atoms with Crippen LogP contribution in [0, 0.1) is 11.8 Å². The third-order valence-corrected chi connectivity index (χ3v) is 3.13. The molecule has 2 atom stereocenters. The molecule has 0 N–H and O–H groups in total. The summed E-state index contributed by atoms with van der Waals surface area (Å²) in [6, 6.07) is 4.63. The van der Waals surface area contributed by atoms with Crippen molar-refractivity contribution in [3.05, 3.63) is 30.1 Å². The Hall–Kier alpha value is -0.890. The lowest BCUT2D eigenvalue weighted by Gasteiger charge is -2.32. The normalized spacial score (nSPS) is 15.7. The van der Waals surface area contributed by atoms with Crippen LogP contribution in [0.3, 0.4) is 0 Å². The number of nitrogens with zero attached hydrogens (tertiary/aromatic N) is 2. The minimum Gasteiger partial charge on any atom is -0.302 e. The number of hydrogen-bond donors (Lipinski definition) is 0. The predicted molar refractivity (Wildman–Crippen MR) is 64.7 cm³/mol. The molecule has 0 saturated heterocycles. The van der Waals surface area contributed by atoms with Crippen LogP contribution < -0.4 is 0 Å². The van der Waals surface area contributed by atoms with E-state index in [4.69, 9.17) is 0 Å². The first-order valence-corrected chi connectivity index (χ1v) is 5.60. The van der Waals surface area contributed by atoms with Gasteiger partial charge in [-0.2, -0.15) is 0 Å². The maximum atomic E-state index is 4.20. The molecule has 0 amide bonds. The molecule has 1 rings (SSSR count). The lowest BCUT2D eigenvalue weighted by molar-refractivity contribution is 0.184. The van der Waals surface area contributed by atoms with Crippen LogP contribution in [0.5, 0.6) is 0 Å². The molecule has 1 heterocycles. The first kappa shape index (κ1) is 12.2. The van der Waals surface area contributed by atoms with Gasteiger partial charge < -0.3 is 4.90 Å². The Morgan fingerprint density at radius 3 is 2.27 bits per heavy atom. The van der Waals surface area contributed by atoms with Crippen molar-refractivity contribution < 1.29 is 0 Å². The summed E-state index contributed by atoms with van der Waals surface area (Å²) in [4.78, 5) is 6.48. The van der Waals surface area contributed by atoms with Crippen molar-refractivity contribution in [3.63, 3.8) is 0 Å². The standard InChI is InChI=1S/C13H22N2/c1-10(2)11(3)13(15(4)5)12-7-6-8-14-9-12/h6-11,13H,1-5H3/t11-,13-/m1/s1. The van der Waals surface area contributed by atoms with Gasteiger partial charge in [0, 0.05) is 18.4 Å². The van der Waals surface area contributed by atoms with Crippen LogP contribution >= 0.6 is 0 Å². The van der Waals surface area contributed by atoms with Crippen molar-refractivity contribution in [2.45, 2.75) is 26.8 Å². The zero-order chi connectivity index (χ0) is 11.4. The third-order valence-electron chi connectivity index (χ3n) is 3.13. The highest BCUT2D eigenvalue weighted by molar-refractivity contribution is 5.14. The van der Waals surface area contributed by atoms with Crippen molar-refractivity contribution in [3.8, 4) is 0 Å². The van der Waals surface area contributed by atoms with Gasteiger partial charge in [0.1, 0.15) is 0 Å². The molecule has 0 aliphatic rings. The van der Waals surface area contributed by atoms with Crippen LogP contribution in [0.1, 0.15) is 32.4 Å². The van der Waals surface area contributed by atoms with Crippen molar-refractivity contribution >= 4 is 0 Å². The molecule has 1 aromatic heterocycles. The SMILES string of the molecule is CC(C)[C@@H](C)[C@H](c1cccnc1)N(C)C. The first-order valence-electron chi connectivity index (χ1n) is 5.60. The highest BCUT2D eigenvalue weighted by Crippen LogP contribution is 2.30. The van der Waals surface area contributed by atoms with E-state index < -0.39 is 0 Å². The van der Waals surface area contributed by atoms with E-state index in [1.165, 1.54) is 5.56 Å². The van der Waals surface area contributed by atoms with Gasteiger partial charge >= 0.3 is 0 Å². The summed E-state index contributed by atoms with van der Waals surface area (Å²) in [6.07, 6.45) is 3.81. The molecule has 1 aromatic rings. The van der Waals surface area contributed by atoms with Gasteiger partial charge in [0.15, 0.2) is 0 Å². The van der Waals surface area contributed by atoms with Crippen LogP contribution in [-0.2, 0) is 0 Å². The molecule has 0 aromatic carbocycles. The first-order chi connectivity index (χ1) is 7.04. The van der Waals surface area contributed by atoms with Gasteiger partial charge in [0.2, 0.25) is 0 Å². The van der Waals surface area contributed by atoms with Crippen LogP contribution in [0.2, 0.25) is 0 Å². The molecule has 84 valence electrons. The van der Waals surface area contributed by atoms with E-state index in [0.29, 0.717) is 17.9 Å². The van der Waals surface area contributed by atoms with Crippen LogP contribution in [0.25, 0.3) is 0 Å². The van der Waals surface area contributed by atoms with Gasteiger partial charge in [-0.25, -0.2) is 0 Å². The van der Waals surface area contributed by atoms with E-state index in [9.17, 15) is 0 Å². The highest BCUT2D eigenvalue weighted by Gasteiger charge is 2.23.